The molecule has 1 rings (SSSR count). The normalized spacial score (nSPS) is 25.0. The topological polar surface area (TPSA) is 20.2 Å². The second-order valence-electron chi connectivity index (χ2n) is 2.11. The summed E-state index contributed by atoms with van der Waals surface area (Å²) in [6, 6.07) is 0. The van der Waals surface area contributed by atoms with Crippen LogP contribution >= 0.6 is 0 Å². The average Bonchev–Trinajstić information content (AvgIpc) is 1.89. The standard InChI is InChI=1S/C8H10O/c1-7-4-2-3-5-8(7)6-9/h2-5,8-9H,1,6H2. The summed E-state index contributed by atoms with van der Waals surface area (Å²) in [7, 11) is 0. The molecule has 1 heteroatoms. The molecule has 1 nitrogen and oxygen atoms in total. The van der Waals surface area contributed by atoms with Gasteiger partial charge in [0.1, 0.15) is 0 Å². The predicted molar refractivity (Wildman–Crippen MR) is 38.0 cm³/mol. The Morgan fingerprint density at radius 3 is 2.78 bits per heavy atom. The van der Waals surface area contributed by atoms with Crippen LogP contribution in [0.15, 0.2) is 36.5 Å². The highest BCUT2D eigenvalue weighted by atomic mass is 16.3. The first kappa shape index (κ1) is 6.30. The van der Waals surface area contributed by atoms with Gasteiger partial charge in [0, 0.05) is 5.92 Å². The third-order valence-corrected chi connectivity index (χ3v) is 1.44. The molecule has 0 heterocycles. The van der Waals surface area contributed by atoms with Crippen LogP contribution in [0.3, 0.4) is 0 Å². The Hall–Kier alpha value is -0.820. The molecule has 1 unspecified atom stereocenters. The van der Waals surface area contributed by atoms with E-state index in [9.17, 15) is 0 Å². The van der Waals surface area contributed by atoms with Crippen LogP contribution in [-0.4, -0.2) is 11.7 Å². The minimum Gasteiger partial charge on any atom is -0.395 e. The summed E-state index contributed by atoms with van der Waals surface area (Å²) in [4.78, 5) is 0. The van der Waals surface area contributed by atoms with Crippen molar-refractivity contribution in [1.29, 1.82) is 0 Å². The largest absolute Gasteiger partial charge is 0.395 e. The summed E-state index contributed by atoms with van der Waals surface area (Å²) in [5, 5.41) is 8.72. The van der Waals surface area contributed by atoms with E-state index in [1.165, 1.54) is 0 Å². The van der Waals surface area contributed by atoms with Gasteiger partial charge < -0.3 is 5.11 Å². The summed E-state index contributed by atoms with van der Waals surface area (Å²) in [5.74, 6) is 0.148. The number of rotatable bonds is 1. The Morgan fingerprint density at radius 2 is 2.33 bits per heavy atom. The molecule has 0 aromatic rings. The van der Waals surface area contributed by atoms with E-state index in [4.69, 9.17) is 5.11 Å². The van der Waals surface area contributed by atoms with Crippen molar-refractivity contribution >= 4 is 0 Å². The number of aliphatic hydroxyl groups excluding tert-OH is 1. The van der Waals surface area contributed by atoms with Crippen molar-refractivity contribution < 1.29 is 5.11 Å². The molecule has 9 heavy (non-hydrogen) atoms. The zero-order valence-corrected chi connectivity index (χ0v) is 5.25. The van der Waals surface area contributed by atoms with E-state index in [0.29, 0.717) is 0 Å². The highest BCUT2D eigenvalue weighted by Gasteiger charge is 2.05. The molecule has 0 aromatic heterocycles. The van der Waals surface area contributed by atoms with E-state index in [0.717, 1.165) is 5.57 Å². The molecule has 0 amide bonds. The lowest BCUT2D eigenvalue weighted by molar-refractivity contribution is 0.270. The molecular weight excluding hydrogens is 112 g/mol. The molecule has 0 spiro atoms. The quantitative estimate of drug-likeness (QED) is 0.555. The van der Waals surface area contributed by atoms with Gasteiger partial charge in [-0.2, -0.15) is 0 Å². The number of hydrogen-bond acceptors (Lipinski definition) is 1. The van der Waals surface area contributed by atoms with Gasteiger partial charge in [-0.25, -0.2) is 0 Å². The Kier molecular flexibility index (Phi) is 1.85. The molecule has 1 aliphatic carbocycles. The molecule has 1 N–H and O–H groups in total. The molecule has 1 aliphatic rings. The second kappa shape index (κ2) is 2.65. The lowest BCUT2D eigenvalue weighted by atomic mass is 9.97. The van der Waals surface area contributed by atoms with E-state index >= 15 is 0 Å². The molecule has 0 bridgehead atoms. The zero-order chi connectivity index (χ0) is 6.69. The maximum Gasteiger partial charge on any atom is 0.0534 e. The molecule has 1 atom stereocenters. The van der Waals surface area contributed by atoms with Gasteiger partial charge in [0.15, 0.2) is 0 Å². The number of hydrogen-bond donors (Lipinski definition) is 1. The van der Waals surface area contributed by atoms with Crippen molar-refractivity contribution in [1.82, 2.24) is 0 Å². The minimum absolute atomic E-state index is 0.148. The van der Waals surface area contributed by atoms with Gasteiger partial charge in [-0.1, -0.05) is 30.9 Å². The fraction of sp³-hybridized carbons (Fsp3) is 0.250. The smallest absolute Gasteiger partial charge is 0.0534 e. The monoisotopic (exact) mass is 122 g/mol. The van der Waals surface area contributed by atoms with Gasteiger partial charge in [0.2, 0.25) is 0 Å². The summed E-state index contributed by atoms with van der Waals surface area (Å²) in [5.41, 5.74) is 0.986. The van der Waals surface area contributed by atoms with Gasteiger partial charge in [-0.15, -0.1) is 0 Å². The third-order valence-electron chi connectivity index (χ3n) is 1.44. The van der Waals surface area contributed by atoms with E-state index < -0.39 is 0 Å². The lowest BCUT2D eigenvalue weighted by Crippen LogP contribution is -2.05. The van der Waals surface area contributed by atoms with Crippen molar-refractivity contribution in [3.8, 4) is 0 Å². The Labute approximate surface area is 55.0 Å². The Morgan fingerprint density at radius 1 is 1.56 bits per heavy atom. The summed E-state index contributed by atoms with van der Waals surface area (Å²) in [6.07, 6.45) is 7.72. The van der Waals surface area contributed by atoms with Crippen molar-refractivity contribution in [2.75, 3.05) is 6.61 Å². The Balaban J connectivity index is 2.66. The van der Waals surface area contributed by atoms with Gasteiger partial charge in [0.05, 0.1) is 6.61 Å². The van der Waals surface area contributed by atoms with E-state index in [1.807, 2.05) is 24.3 Å². The molecule has 0 fully saturated rings. The maximum absolute atomic E-state index is 8.72. The summed E-state index contributed by atoms with van der Waals surface area (Å²) >= 11 is 0. The summed E-state index contributed by atoms with van der Waals surface area (Å²) < 4.78 is 0. The van der Waals surface area contributed by atoms with E-state index in [2.05, 4.69) is 6.58 Å². The predicted octanol–water partition coefficient (Wildman–Crippen LogP) is 1.28. The average molecular weight is 122 g/mol. The first-order chi connectivity index (χ1) is 4.34. The van der Waals surface area contributed by atoms with Gasteiger partial charge in [0.25, 0.3) is 0 Å². The van der Waals surface area contributed by atoms with Crippen LogP contribution in [-0.2, 0) is 0 Å². The second-order valence-corrected chi connectivity index (χ2v) is 2.11. The van der Waals surface area contributed by atoms with E-state index in [1.54, 1.807) is 0 Å². The van der Waals surface area contributed by atoms with Crippen LogP contribution in [0.5, 0.6) is 0 Å². The molecule has 0 saturated carbocycles. The molecule has 48 valence electrons. The van der Waals surface area contributed by atoms with Crippen molar-refractivity contribution in [3.63, 3.8) is 0 Å². The van der Waals surface area contributed by atoms with Crippen LogP contribution in [0, 0.1) is 5.92 Å². The molecule has 0 aliphatic heterocycles. The summed E-state index contributed by atoms with van der Waals surface area (Å²) in [6.45, 7) is 3.93. The molecule has 0 saturated heterocycles. The minimum atomic E-state index is 0.148. The van der Waals surface area contributed by atoms with Crippen molar-refractivity contribution in [2.45, 2.75) is 0 Å². The molecule has 0 aromatic carbocycles. The van der Waals surface area contributed by atoms with Crippen LogP contribution in [0.4, 0.5) is 0 Å². The first-order valence-electron chi connectivity index (χ1n) is 2.99. The first-order valence-corrected chi connectivity index (χ1v) is 2.99. The number of allylic oxidation sites excluding steroid dienone is 3. The van der Waals surface area contributed by atoms with Crippen LogP contribution in [0.25, 0.3) is 0 Å². The molecular formula is C8H10O. The zero-order valence-electron chi connectivity index (χ0n) is 5.25. The fourth-order valence-corrected chi connectivity index (χ4v) is 0.803. The lowest BCUT2D eigenvalue weighted by Gasteiger charge is -2.10. The SMILES string of the molecule is C=C1C=CC=CC1CO. The van der Waals surface area contributed by atoms with Gasteiger partial charge in [-0.3, -0.25) is 0 Å². The van der Waals surface area contributed by atoms with Crippen LogP contribution < -0.4 is 0 Å². The molecule has 0 radical (unpaired) electrons. The van der Waals surface area contributed by atoms with Crippen molar-refractivity contribution in [3.05, 3.63) is 36.5 Å². The fourth-order valence-electron chi connectivity index (χ4n) is 0.803. The highest BCUT2D eigenvalue weighted by Crippen LogP contribution is 2.14. The van der Waals surface area contributed by atoms with Gasteiger partial charge >= 0.3 is 0 Å². The van der Waals surface area contributed by atoms with Crippen LogP contribution in [0.1, 0.15) is 0 Å². The van der Waals surface area contributed by atoms with Crippen LogP contribution in [0.2, 0.25) is 0 Å². The Bertz CT molecular complexity index is 165. The van der Waals surface area contributed by atoms with E-state index in [-0.39, 0.29) is 12.5 Å². The highest BCUT2D eigenvalue weighted by molar-refractivity contribution is 5.30. The maximum atomic E-state index is 8.72. The van der Waals surface area contributed by atoms with Crippen molar-refractivity contribution in [2.24, 2.45) is 5.92 Å². The number of aliphatic hydroxyl groups is 1. The van der Waals surface area contributed by atoms with Gasteiger partial charge in [-0.05, 0) is 5.57 Å². The third kappa shape index (κ3) is 1.30.